The predicted octanol–water partition coefficient (Wildman–Crippen LogP) is 3.13. The summed E-state index contributed by atoms with van der Waals surface area (Å²) in [6, 6.07) is 0.768. The zero-order valence-corrected chi connectivity index (χ0v) is 12.9. The van der Waals surface area contributed by atoms with Crippen LogP contribution in [0.15, 0.2) is 0 Å². The first-order valence-corrected chi connectivity index (χ1v) is 8.09. The molecule has 2 aliphatic carbocycles. The summed E-state index contributed by atoms with van der Waals surface area (Å²) in [6.45, 7) is 9.00. The smallest absolute Gasteiger partial charge is 0.0810 e. The van der Waals surface area contributed by atoms with Crippen molar-refractivity contribution in [2.45, 2.75) is 77.0 Å². The Labute approximate surface area is 118 Å². The van der Waals surface area contributed by atoms with Gasteiger partial charge in [0, 0.05) is 12.6 Å². The van der Waals surface area contributed by atoms with Crippen LogP contribution in [0.4, 0.5) is 0 Å². The Morgan fingerprint density at radius 3 is 2.63 bits per heavy atom. The van der Waals surface area contributed by atoms with E-state index in [0.717, 1.165) is 31.7 Å². The van der Waals surface area contributed by atoms with Crippen molar-refractivity contribution >= 4 is 0 Å². The van der Waals surface area contributed by atoms with Crippen LogP contribution in [0.25, 0.3) is 0 Å². The molecular formula is C16H31NO2. The van der Waals surface area contributed by atoms with Crippen LogP contribution >= 0.6 is 0 Å². The van der Waals surface area contributed by atoms with E-state index < -0.39 is 0 Å². The minimum Gasteiger partial charge on any atom is -0.376 e. The molecule has 0 aromatic carbocycles. The summed E-state index contributed by atoms with van der Waals surface area (Å²) in [7, 11) is 0. The van der Waals surface area contributed by atoms with Crippen molar-refractivity contribution in [1.82, 2.24) is 5.32 Å². The van der Waals surface area contributed by atoms with Gasteiger partial charge in [0.05, 0.1) is 24.9 Å². The third-order valence-electron chi connectivity index (χ3n) is 4.28. The Balaban J connectivity index is 1.78. The highest BCUT2D eigenvalue weighted by molar-refractivity contribution is 4.92. The highest BCUT2D eigenvalue weighted by Gasteiger charge is 2.37. The molecule has 0 heterocycles. The van der Waals surface area contributed by atoms with Crippen molar-refractivity contribution in [1.29, 1.82) is 0 Å². The van der Waals surface area contributed by atoms with E-state index in [1.807, 2.05) is 0 Å². The van der Waals surface area contributed by atoms with Crippen LogP contribution < -0.4 is 5.32 Å². The number of ether oxygens (including phenoxy) is 2. The van der Waals surface area contributed by atoms with Gasteiger partial charge in [-0.15, -0.1) is 0 Å². The van der Waals surface area contributed by atoms with E-state index in [0.29, 0.717) is 6.10 Å². The average molecular weight is 269 g/mol. The van der Waals surface area contributed by atoms with Crippen molar-refractivity contribution < 1.29 is 9.47 Å². The van der Waals surface area contributed by atoms with Gasteiger partial charge in [-0.1, -0.05) is 19.8 Å². The largest absolute Gasteiger partial charge is 0.376 e. The Morgan fingerprint density at radius 2 is 2.00 bits per heavy atom. The topological polar surface area (TPSA) is 30.5 Å². The van der Waals surface area contributed by atoms with E-state index in [9.17, 15) is 0 Å². The molecular weight excluding hydrogens is 238 g/mol. The molecule has 0 aliphatic heterocycles. The number of rotatable bonds is 8. The number of hydrogen-bond donors (Lipinski definition) is 1. The van der Waals surface area contributed by atoms with E-state index in [1.165, 1.54) is 38.5 Å². The predicted molar refractivity (Wildman–Crippen MR) is 78.4 cm³/mol. The van der Waals surface area contributed by atoms with Crippen LogP contribution in [-0.4, -0.2) is 37.5 Å². The molecule has 19 heavy (non-hydrogen) atoms. The second-order valence-corrected chi connectivity index (χ2v) is 6.81. The molecule has 2 atom stereocenters. The van der Waals surface area contributed by atoms with Crippen molar-refractivity contribution in [3.05, 3.63) is 0 Å². The fourth-order valence-corrected chi connectivity index (χ4v) is 3.11. The van der Waals surface area contributed by atoms with Gasteiger partial charge in [0.25, 0.3) is 0 Å². The standard InChI is InChI=1S/C16H31NO2/c1-13(2)18-9-10-19-16(12-17-15-6-7-15)8-4-5-14(3)11-16/h13-15,17H,4-12H2,1-3H3. The Hall–Kier alpha value is -0.120. The first-order chi connectivity index (χ1) is 9.10. The first-order valence-electron chi connectivity index (χ1n) is 8.09. The van der Waals surface area contributed by atoms with Gasteiger partial charge in [-0.3, -0.25) is 0 Å². The molecule has 2 unspecified atom stereocenters. The van der Waals surface area contributed by atoms with Gasteiger partial charge < -0.3 is 14.8 Å². The minimum absolute atomic E-state index is 0.0700. The zero-order valence-electron chi connectivity index (χ0n) is 12.9. The normalized spacial score (nSPS) is 31.9. The molecule has 3 nitrogen and oxygen atoms in total. The van der Waals surface area contributed by atoms with E-state index >= 15 is 0 Å². The van der Waals surface area contributed by atoms with Gasteiger partial charge in [0.1, 0.15) is 0 Å². The Bertz CT molecular complexity index is 265. The second kappa shape index (κ2) is 7.05. The van der Waals surface area contributed by atoms with E-state index in [1.54, 1.807) is 0 Å². The summed E-state index contributed by atoms with van der Waals surface area (Å²) in [5.74, 6) is 0.792. The molecule has 1 N–H and O–H groups in total. The molecule has 2 rings (SSSR count). The maximum Gasteiger partial charge on any atom is 0.0810 e. The highest BCUT2D eigenvalue weighted by Crippen LogP contribution is 2.35. The SMILES string of the molecule is CC1CCCC(CNC2CC2)(OCCOC(C)C)C1. The van der Waals surface area contributed by atoms with Crippen LogP contribution in [0.2, 0.25) is 0 Å². The monoisotopic (exact) mass is 269 g/mol. The lowest BCUT2D eigenvalue weighted by molar-refractivity contribution is -0.100. The average Bonchev–Trinajstić information content (AvgIpc) is 3.16. The van der Waals surface area contributed by atoms with Gasteiger partial charge in [-0.25, -0.2) is 0 Å². The summed E-state index contributed by atoms with van der Waals surface area (Å²) in [5.41, 5.74) is 0.0700. The molecule has 0 radical (unpaired) electrons. The molecule has 0 bridgehead atoms. The lowest BCUT2D eigenvalue weighted by Gasteiger charge is -2.40. The Kier molecular flexibility index (Phi) is 5.67. The maximum atomic E-state index is 6.28. The van der Waals surface area contributed by atoms with Crippen LogP contribution in [-0.2, 0) is 9.47 Å². The molecule has 2 aliphatic rings. The third-order valence-corrected chi connectivity index (χ3v) is 4.28. The van der Waals surface area contributed by atoms with E-state index in [-0.39, 0.29) is 5.60 Å². The summed E-state index contributed by atoms with van der Waals surface area (Å²) in [6.07, 6.45) is 8.07. The summed E-state index contributed by atoms with van der Waals surface area (Å²) in [5, 5.41) is 3.67. The van der Waals surface area contributed by atoms with Crippen molar-refractivity contribution in [3.8, 4) is 0 Å². The molecule has 0 aromatic rings. The van der Waals surface area contributed by atoms with Gasteiger partial charge in [-0.2, -0.15) is 0 Å². The molecule has 0 spiro atoms. The van der Waals surface area contributed by atoms with Crippen molar-refractivity contribution in [2.24, 2.45) is 5.92 Å². The molecule has 112 valence electrons. The fraction of sp³-hybridized carbons (Fsp3) is 1.00. The molecule has 0 aromatic heterocycles. The zero-order chi connectivity index (χ0) is 13.7. The van der Waals surface area contributed by atoms with Crippen LogP contribution in [0, 0.1) is 5.92 Å². The van der Waals surface area contributed by atoms with Crippen molar-refractivity contribution in [3.63, 3.8) is 0 Å². The van der Waals surface area contributed by atoms with E-state index in [2.05, 4.69) is 26.1 Å². The lowest BCUT2D eigenvalue weighted by Crippen LogP contribution is -2.47. The van der Waals surface area contributed by atoms with Gasteiger partial charge in [0.15, 0.2) is 0 Å². The molecule has 2 saturated carbocycles. The maximum absolute atomic E-state index is 6.28. The number of nitrogens with one attached hydrogen (secondary N) is 1. The second-order valence-electron chi connectivity index (χ2n) is 6.81. The number of hydrogen-bond acceptors (Lipinski definition) is 3. The molecule has 0 amide bonds. The third kappa shape index (κ3) is 5.41. The first kappa shape index (κ1) is 15.3. The molecule has 3 heteroatoms. The van der Waals surface area contributed by atoms with Gasteiger partial charge in [0.2, 0.25) is 0 Å². The summed E-state index contributed by atoms with van der Waals surface area (Å²) < 4.78 is 11.9. The molecule has 0 saturated heterocycles. The lowest BCUT2D eigenvalue weighted by atomic mass is 9.78. The summed E-state index contributed by atoms with van der Waals surface area (Å²) >= 11 is 0. The van der Waals surface area contributed by atoms with E-state index in [4.69, 9.17) is 9.47 Å². The fourth-order valence-electron chi connectivity index (χ4n) is 3.11. The highest BCUT2D eigenvalue weighted by atomic mass is 16.5. The van der Waals surface area contributed by atoms with Crippen LogP contribution in [0.5, 0.6) is 0 Å². The molecule has 2 fully saturated rings. The quantitative estimate of drug-likeness (QED) is 0.687. The van der Waals surface area contributed by atoms with Crippen LogP contribution in [0.1, 0.15) is 59.3 Å². The van der Waals surface area contributed by atoms with Gasteiger partial charge in [-0.05, 0) is 45.4 Å². The minimum atomic E-state index is 0.0700. The van der Waals surface area contributed by atoms with Gasteiger partial charge >= 0.3 is 0 Å². The summed E-state index contributed by atoms with van der Waals surface area (Å²) in [4.78, 5) is 0. The van der Waals surface area contributed by atoms with Crippen molar-refractivity contribution in [2.75, 3.05) is 19.8 Å². The Morgan fingerprint density at radius 1 is 1.21 bits per heavy atom. The van der Waals surface area contributed by atoms with Crippen LogP contribution in [0.3, 0.4) is 0 Å².